The molecule has 4 nitrogen and oxygen atoms in total. The van der Waals surface area contributed by atoms with E-state index in [2.05, 4.69) is 27.7 Å². The SMILES string of the molecule is CC1(C)CC2(CC(C)(C)c3ccc(Oc4ccc(N)cc4C(F)(F)F)cc32)c2cc(Oc3ccc(N)cc3C(F)(F)F)ccc21. The molecular formula is C35H32F6N2O2. The molecule has 0 aliphatic heterocycles. The van der Waals surface area contributed by atoms with Crippen molar-refractivity contribution in [3.63, 3.8) is 0 Å². The first-order chi connectivity index (χ1) is 20.8. The molecule has 0 saturated carbocycles. The number of anilines is 2. The summed E-state index contributed by atoms with van der Waals surface area (Å²) in [7, 11) is 0. The Balaban J connectivity index is 1.46. The van der Waals surface area contributed by atoms with Crippen LogP contribution in [0.5, 0.6) is 23.0 Å². The first kappa shape index (κ1) is 30.7. The lowest BCUT2D eigenvalue weighted by atomic mass is 9.72. The highest BCUT2D eigenvalue weighted by molar-refractivity contribution is 5.63. The summed E-state index contributed by atoms with van der Waals surface area (Å²) >= 11 is 0. The Labute approximate surface area is 257 Å². The van der Waals surface area contributed by atoms with Crippen LogP contribution in [0.4, 0.5) is 37.7 Å². The Morgan fingerprint density at radius 1 is 0.533 bits per heavy atom. The van der Waals surface area contributed by atoms with Gasteiger partial charge in [-0.1, -0.05) is 39.8 Å². The molecule has 1 spiro atoms. The standard InChI is InChI=1S/C35H32F6N2O2/c1-31(2)17-33(25-15-21(7-9-23(25)31)44-29-11-5-19(42)13-27(29)34(36,37)38)18-32(3,4)24-10-8-22(16-26(24)33)45-30-12-6-20(43)14-28(30)35(39,40)41/h5-16H,17-18,42-43H2,1-4H3. The third-order valence-electron chi connectivity index (χ3n) is 9.03. The first-order valence-electron chi connectivity index (χ1n) is 14.4. The van der Waals surface area contributed by atoms with Gasteiger partial charge in [-0.2, -0.15) is 26.3 Å². The van der Waals surface area contributed by atoms with E-state index in [0.29, 0.717) is 12.8 Å². The van der Waals surface area contributed by atoms with Crippen LogP contribution in [0.2, 0.25) is 0 Å². The van der Waals surface area contributed by atoms with Gasteiger partial charge in [-0.3, -0.25) is 0 Å². The number of rotatable bonds is 4. The Hall–Kier alpha value is -4.34. The number of hydrogen-bond acceptors (Lipinski definition) is 4. The predicted molar refractivity (Wildman–Crippen MR) is 161 cm³/mol. The van der Waals surface area contributed by atoms with Gasteiger partial charge in [0.05, 0.1) is 0 Å². The van der Waals surface area contributed by atoms with Crippen molar-refractivity contribution >= 4 is 11.4 Å². The van der Waals surface area contributed by atoms with Gasteiger partial charge >= 0.3 is 12.4 Å². The molecule has 10 heteroatoms. The number of fused-ring (bicyclic) bond motifs is 4. The Morgan fingerprint density at radius 2 is 0.911 bits per heavy atom. The van der Waals surface area contributed by atoms with Crippen LogP contribution in [0.3, 0.4) is 0 Å². The van der Waals surface area contributed by atoms with Gasteiger partial charge in [-0.15, -0.1) is 0 Å². The summed E-state index contributed by atoms with van der Waals surface area (Å²) in [5.41, 5.74) is 11.9. The molecule has 0 saturated heterocycles. The minimum Gasteiger partial charge on any atom is -0.457 e. The molecule has 0 atom stereocenters. The van der Waals surface area contributed by atoms with Crippen molar-refractivity contribution in [2.45, 2.75) is 69.1 Å². The van der Waals surface area contributed by atoms with Crippen LogP contribution in [-0.4, -0.2) is 0 Å². The van der Waals surface area contributed by atoms with Crippen LogP contribution >= 0.6 is 0 Å². The Morgan fingerprint density at radius 3 is 1.27 bits per heavy atom. The van der Waals surface area contributed by atoms with Crippen molar-refractivity contribution < 1.29 is 35.8 Å². The monoisotopic (exact) mass is 626 g/mol. The zero-order valence-corrected chi connectivity index (χ0v) is 25.1. The molecule has 0 unspecified atom stereocenters. The van der Waals surface area contributed by atoms with E-state index in [9.17, 15) is 26.3 Å². The number of halogens is 6. The zero-order chi connectivity index (χ0) is 32.7. The van der Waals surface area contributed by atoms with E-state index < -0.39 is 28.9 Å². The molecule has 0 bridgehead atoms. The second-order valence-corrected chi connectivity index (χ2v) is 13.3. The number of nitrogens with two attached hydrogens (primary N) is 2. The van der Waals surface area contributed by atoms with Gasteiger partial charge in [0.15, 0.2) is 0 Å². The highest BCUT2D eigenvalue weighted by atomic mass is 19.4. The van der Waals surface area contributed by atoms with E-state index in [1.165, 1.54) is 24.3 Å². The van der Waals surface area contributed by atoms with Crippen LogP contribution in [0.1, 0.15) is 73.9 Å². The molecule has 0 fully saturated rings. The maximum Gasteiger partial charge on any atom is 0.420 e. The maximum atomic E-state index is 13.8. The Kier molecular flexibility index (Phi) is 6.70. The van der Waals surface area contributed by atoms with Crippen molar-refractivity contribution in [1.82, 2.24) is 0 Å². The third kappa shape index (κ3) is 5.23. The normalized spacial score (nSPS) is 17.6. The molecular weight excluding hydrogens is 594 g/mol. The first-order valence-corrected chi connectivity index (χ1v) is 14.4. The zero-order valence-electron chi connectivity index (χ0n) is 25.1. The third-order valence-corrected chi connectivity index (χ3v) is 9.03. The molecule has 6 rings (SSSR count). The number of hydrogen-bond donors (Lipinski definition) is 2. The summed E-state index contributed by atoms with van der Waals surface area (Å²) in [6.45, 7) is 8.44. The largest absolute Gasteiger partial charge is 0.457 e. The van der Waals surface area contributed by atoms with E-state index in [4.69, 9.17) is 20.9 Å². The van der Waals surface area contributed by atoms with Gasteiger partial charge in [0.1, 0.15) is 34.1 Å². The van der Waals surface area contributed by atoms with Crippen LogP contribution in [0.15, 0.2) is 72.8 Å². The molecule has 4 aromatic rings. The summed E-state index contributed by atoms with van der Waals surface area (Å²) in [4.78, 5) is 0. The van der Waals surface area contributed by atoms with E-state index in [1.807, 2.05) is 12.1 Å². The van der Waals surface area contributed by atoms with Gasteiger partial charge in [-0.25, -0.2) is 0 Å². The van der Waals surface area contributed by atoms with Gasteiger partial charge in [0, 0.05) is 16.8 Å². The highest BCUT2D eigenvalue weighted by Crippen LogP contribution is 2.63. The number of ether oxygens (including phenoxy) is 2. The Bertz CT molecular complexity index is 1690. The molecule has 4 N–H and O–H groups in total. The molecule has 2 aliphatic rings. The average molecular weight is 627 g/mol. The number of nitrogen functional groups attached to an aromatic ring is 2. The lowest BCUT2D eigenvalue weighted by molar-refractivity contribution is -0.139. The van der Waals surface area contributed by atoms with Crippen molar-refractivity contribution in [1.29, 1.82) is 0 Å². The molecule has 0 radical (unpaired) electrons. The van der Waals surface area contributed by atoms with Crippen LogP contribution in [0.25, 0.3) is 0 Å². The summed E-state index contributed by atoms with van der Waals surface area (Å²) < 4.78 is 94.7. The molecule has 0 heterocycles. The molecule has 4 aromatic carbocycles. The van der Waals surface area contributed by atoms with Crippen LogP contribution in [0, 0.1) is 0 Å². The predicted octanol–water partition coefficient (Wildman–Crippen LogP) is 10.1. The van der Waals surface area contributed by atoms with Crippen molar-refractivity contribution in [3.8, 4) is 23.0 Å². The highest BCUT2D eigenvalue weighted by Gasteiger charge is 2.56. The fraction of sp³-hybridized carbons (Fsp3) is 0.314. The van der Waals surface area contributed by atoms with Crippen molar-refractivity contribution in [2.75, 3.05) is 11.5 Å². The summed E-state index contributed by atoms with van der Waals surface area (Å²) in [6.07, 6.45) is -8.01. The molecule has 0 amide bonds. The fourth-order valence-electron chi connectivity index (χ4n) is 7.40. The van der Waals surface area contributed by atoms with Gasteiger partial charge in [0.2, 0.25) is 0 Å². The van der Waals surface area contributed by atoms with E-state index >= 15 is 0 Å². The van der Waals surface area contributed by atoms with Crippen LogP contribution < -0.4 is 20.9 Å². The van der Waals surface area contributed by atoms with Gasteiger partial charge < -0.3 is 20.9 Å². The molecule has 2 aliphatic carbocycles. The topological polar surface area (TPSA) is 70.5 Å². The minimum atomic E-state index is -4.67. The van der Waals surface area contributed by atoms with E-state index in [0.717, 1.165) is 34.4 Å². The van der Waals surface area contributed by atoms with Crippen molar-refractivity contribution in [2.24, 2.45) is 0 Å². The maximum absolute atomic E-state index is 13.8. The van der Waals surface area contributed by atoms with Gasteiger partial charge in [0.25, 0.3) is 0 Å². The van der Waals surface area contributed by atoms with E-state index in [-0.39, 0.29) is 45.2 Å². The molecule has 45 heavy (non-hydrogen) atoms. The summed E-state index contributed by atoms with van der Waals surface area (Å²) in [6, 6.07) is 17.5. The molecule has 0 aromatic heterocycles. The van der Waals surface area contributed by atoms with Gasteiger partial charge in [-0.05, 0) is 107 Å². The van der Waals surface area contributed by atoms with Crippen molar-refractivity contribution in [3.05, 3.63) is 106 Å². The summed E-state index contributed by atoms with van der Waals surface area (Å²) in [5, 5.41) is 0. The second kappa shape index (κ2) is 9.83. The summed E-state index contributed by atoms with van der Waals surface area (Å²) in [5.74, 6) is -0.266. The molecule has 236 valence electrons. The lowest BCUT2D eigenvalue weighted by Gasteiger charge is -2.31. The average Bonchev–Trinajstić information content (AvgIpc) is 3.28. The smallest absolute Gasteiger partial charge is 0.420 e. The number of benzene rings is 4. The number of alkyl halides is 6. The quantitative estimate of drug-likeness (QED) is 0.175. The minimum absolute atomic E-state index is 0.0338. The van der Waals surface area contributed by atoms with E-state index in [1.54, 1.807) is 24.3 Å². The second-order valence-electron chi connectivity index (χ2n) is 13.3. The van der Waals surface area contributed by atoms with Crippen LogP contribution in [-0.2, 0) is 28.6 Å². The fourth-order valence-corrected chi connectivity index (χ4v) is 7.40. The lowest BCUT2D eigenvalue weighted by Crippen LogP contribution is -2.27.